The molecule has 0 radical (unpaired) electrons. The molecule has 4 N–H and O–H groups in total. The van der Waals surface area contributed by atoms with Crippen molar-refractivity contribution >= 4 is 29.7 Å². The van der Waals surface area contributed by atoms with E-state index >= 15 is 0 Å². The van der Waals surface area contributed by atoms with Crippen LogP contribution in [-0.4, -0.2) is 50.1 Å². The van der Waals surface area contributed by atoms with E-state index in [1.165, 1.54) is 0 Å². The van der Waals surface area contributed by atoms with E-state index in [4.69, 9.17) is 20.4 Å². The van der Waals surface area contributed by atoms with E-state index in [-0.39, 0.29) is 12.8 Å². The first-order valence-corrected chi connectivity index (χ1v) is 6.54. The minimum Gasteiger partial charge on any atom is -0.481 e. The summed E-state index contributed by atoms with van der Waals surface area (Å²) in [6.45, 7) is 0. The highest BCUT2D eigenvalue weighted by Crippen LogP contribution is 2.18. The van der Waals surface area contributed by atoms with E-state index in [9.17, 15) is 24.0 Å². The maximum atomic E-state index is 11.7. The predicted molar refractivity (Wildman–Crippen MR) is 70.2 cm³/mol. The molecule has 0 fully saturated rings. The topological polar surface area (TPSA) is 166 Å². The molecule has 0 aromatic carbocycles. The molecule has 0 aliphatic rings. The van der Waals surface area contributed by atoms with Crippen molar-refractivity contribution < 1.29 is 44.4 Å². The molecule has 0 saturated carbocycles. The van der Waals surface area contributed by atoms with Gasteiger partial charge in [-0.25, -0.2) is 0 Å². The Morgan fingerprint density at radius 2 is 0.955 bits per heavy atom. The van der Waals surface area contributed by atoms with Crippen molar-refractivity contribution in [1.82, 2.24) is 0 Å². The van der Waals surface area contributed by atoms with Gasteiger partial charge in [-0.1, -0.05) is 0 Å². The highest BCUT2D eigenvalue weighted by molar-refractivity contribution is 5.87. The van der Waals surface area contributed by atoms with Crippen molar-refractivity contribution in [2.24, 2.45) is 11.8 Å². The summed E-state index contributed by atoms with van der Waals surface area (Å²) < 4.78 is 0. The zero-order valence-electron chi connectivity index (χ0n) is 11.7. The number of carbonyl (C=O) groups is 5. The summed E-state index contributed by atoms with van der Waals surface area (Å²) in [4.78, 5) is 54.5. The summed E-state index contributed by atoms with van der Waals surface area (Å²) >= 11 is 0. The van der Waals surface area contributed by atoms with Crippen LogP contribution >= 0.6 is 0 Å². The molecule has 0 unspecified atom stereocenters. The molecule has 0 aromatic rings. The molecule has 0 heterocycles. The van der Waals surface area contributed by atoms with Crippen LogP contribution in [0.3, 0.4) is 0 Å². The third-order valence-electron chi connectivity index (χ3n) is 3.06. The lowest BCUT2D eigenvalue weighted by Crippen LogP contribution is -2.23. The standard InChI is InChI=1S/C13H18O9/c14-9(5-7(12(19)20)1-3-10(15)16)6-8(13(21)22)2-4-11(17)18/h7-8H,1-6H2,(H,15,16)(H,17,18)(H,19,20)(H,21,22)/t7-,8+. The fourth-order valence-electron chi connectivity index (χ4n) is 1.85. The van der Waals surface area contributed by atoms with Gasteiger partial charge in [0, 0.05) is 25.7 Å². The summed E-state index contributed by atoms with van der Waals surface area (Å²) in [6, 6.07) is 0. The molecule has 22 heavy (non-hydrogen) atoms. The number of rotatable bonds is 12. The quantitative estimate of drug-likeness (QED) is 0.399. The molecule has 0 amide bonds. The molecule has 0 aliphatic carbocycles. The minimum absolute atomic E-state index is 0.233. The first-order valence-electron chi connectivity index (χ1n) is 6.54. The molecule has 0 bridgehead atoms. The fourth-order valence-corrected chi connectivity index (χ4v) is 1.85. The molecule has 9 nitrogen and oxygen atoms in total. The molecule has 0 aromatic heterocycles. The molecule has 2 atom stereocenters. The maximum Gasteiger partial charge on any atom is 0.306 e. The Morgan fingerprint density at radius 3 is 1.18 bits per heavy atom. The van der Waals surface area contributed by atoms with Gasteiger partial charge in [-0.3, -0.25) is 24.0 Å². The first kappa shape index (κ1) is 19.6. The number of carboxylic acid groups (broad SMARTS) is 4. The summed E-state index contributed by atoms with van der Waals surface area (Å²) in [5.41, 5.74) is 0. The molecule has 0 spiro atoms. The van der Waals surface area contributed by atoms with E-state index in [0.717, 1.165) is 0 Å². The minimum atomic E-state index is -1.33. The average Bonchev–Trinajstić information content (AvgIpc) is 2.38. The van der Waals surface area contributed by atoms with Crippen molar-refractivity contribution in [2.45, 2.75) is 38.5 Å². The van der Waals surface area contributed by atoms with Gasteiger partial charge in [0.05, 0.1) is 11.8 Å². The van der Waals surface area contributed by atoms with Crippen LogP contribution in [0.5, 0.6) is 0 Å². The van der Waals surface area contributed by atoms with Crippen LogP contribution in [0.25, 0.3) is 0 Å². The fraction of sp³-hybridized carbons (Fsp3) is 0.615. The maximum absolute atomic E-state index is 11.7. The van der Waals surface area contributed by atoms with Gasteiger partial charge in [0.15, 0.2) is 0 Å². The number of ketones is 1. The van der Waals surface area contributed by atoms with Crippen molar-refractivity contribution in [3.05, 3.63) is 0 Å². The molecule has 9 heteroatoms. The van der Waals surface area contributed by atoms with E-state index in [2.05, 4.69) is 0 Å². The van der Waals surface area contributed by atoms with Crippen LogP contribution in [0.15, 0.2) is 0 Å². The number of carbonyl (C=O) groups excluding carboxylic acids is 1. The molecule has 0 rings (SSSR count). The van der Waals surface area contributed by atoms with Crippen molar-refractivity contribution in [3.63, 3.8) is 0 Å². The van der Waals surface area contributed by atoms with Crippen LogP contribution < -0.4 is 0 Å². The normalized spacial score (nSPS) is 13.1. The van der Waals surface area contributed by atoms with Crippen LogP contribution in [0.1, 0.15) is 38.5 Å². The van der Waals surface area contributed by atoms with Crippen LogP contribution in [-0.2, 0) is 24.0 Å². The number of hydrogen-bond donors (Lipinski definition) is 4. The average molecular weight is 318 g/mol. The summed E-state index contributed by atoms with van der Waals surface area (Å²) in [5, 5.41) is 34.8. The molecular formula is C13H18O9. The Bertz CT molecular complexity index is 414. The molecule has 124 valence electrons. The van der Waals surface area contributed by atoms with E-state index in [1.807, 2.05) is 0 Å². The van der Waals surface area contributed by atoms with Crippen molar-refractivity contribution in [3.8, 4) is 0 Å². The van der Waals surface area contributed by atoms with Crippen LogP contribution in [0.4, 0.5) is 0 Å². The van der Waals surface area contributed by atoms with Crippen LogP contribution in [0, 0.1) is 11.8 Å². The van der Waals surface area contributed by atoms with Gasteiger partial charge in [-0.15, -0.1) is 0 Å². The lowest BCUT2D eigenvalue weighted by molar-refractivity contribution is -0.146. The number of carboxylic acids is 4. The monoisotopic (exact) mass is 318 g/mol. The zero-order chi connectivity index (χ0) is 17.3. The van der Waals surface area contributed by atoms with E-state index in [0.29, 0.717) is 0 Å². The highest BCUT2D eigenvalue weighted by Gasteiger charge is 2.26. The van der Waals surface area contributed by atoms with Gasteiger partial charge >= 0.3 is 23.9 Å². The third-order valence-corrected chi connectivity index (χ3v) is 3.06. The first-order chi connectivity index (χ1) is 10.1. The Labute approximate surface area is 125 Å². The smallest absolute Gasteiger partial charge is 0.306 e. The molecule has 0 saturated heterocycles. The van der Waals surface area contributed by atoms with Gasteiger partial charge in [-0.2, -0.15) is 0 Å². The largest absolute Gasteiger partial charge is 0.481 e. The second-order valence-corrected chi connectivity index (χ2v) is 4.88. The summed E-state index contributed by atoms with van der Waals surface area (Å²) in [5.74, 6) is -8.07. The molecule has 0 aliphatic heterocycles. The Morgan fingerprint density at radius 1 is 0.636 bits per heavy atom. The van der Waals surface area contributed by atoms with Gasteiger partial charge in [0.1, 0.15) is 5.78 Å². The van der Waals surface area contributed by atoms with E-state index < -0.39 is 67.2 Å². The van der Waals surface area contributed by atoms with Gasteiger partial charge in [-0.05, 0) is 12.8 Å². The second kappa shape index (κ2) is 9.48. The van der Waals surface area contributed by atoms with Crippen molar-refractivity contribution in [2.75, 3.05) is 0 Å². The summed E-state index contributed by atoms with van der Waals surface area (Å²) in [6.07, 6.45) is -2.23. The summed E-state index contributed by atoms with van der Waals surface area (Å²) in [7, 11) is 0. The molecular weight excluding hydrogens is 300 g/mol. The number of Topliss-reactive ketones (excluding diaryl/α,β-unsaturated/α-hetero) is 1. The van der Waals surface area contributed by atoms with Crippen LogP contribution in [0.2, 0.25) is 0 Å². The zero-order valence-corrected chi connectivity index (χ0v) is 11.7. The predicted octanol–water partition coefficient (Wildman–Crippen LogP) is 0.467. The lowest BCUT2D eigenvalue weighted by Gasteiger charge is -2.13. The van der Waals surface area contributed by atoms with Crippen molar-refractivity contribution in [1.29, 1.82) is 0 Å². The third kappa shape index (κ3) is 8.67. The SMILES string of the molecule is O=C(O)CC[C@H](CC(=O)C[C@H](CCC(=O)O)C(=O)O)C(=O)O. The Kier molecular flexibility index (Phi) is 8.42. The Hall–Kier alpha value is -2.45. The van der Waals surface area contributed by atoms with Gasteiger partial charge in [0.25, 0.3) is 0 Å². The van der Waals surface area contributed by atoms with Gasteiger partial charge < -0.3 is 20.4 Å². The van der Waals surface area contributed by atoms with Gasteiger partial charge in [0.2, 0.25) is 0 Å². The number of hydrogen-bond acceptors (Lipinski definition) is 5. The Balaban J connectivity index is 4.57. The van der Waals surface area contributed by atoms with E-state index in [1.54, 1.807) is 0 Å². The highest BCUT2D eigenvalue weighted by atomic mass is 16.4. The number of aliphatic carboxylic acids is 4. The lowest BCUT2D eigenvalue weighted by atomic mass is 9.90. The second-order valence-electron chi connectivity index (χ2n) is 4.88.